The van der Waals surface area contributed by atoms with E-state index in [1.165, 1.54) is 0 Å². The van der Waals surface area contributed by atoms with E-state index in [0.717, 1.165) is 29.8 Å². The molecular formula is C15H19N3O. The Hall–Kier alpha value is -1.94. The summed E-state index contributed by atoms with van der Waals surface area (Å²) in [6, 6.07) is 9.45. The molecule has 4 nitrogen and oxygen atoms in total. The summed E-state index contributed by atoms with van der Waals surface area (Å²) in [6.45, 7) is 5.67. The topological polar surface area (TPSA) is 57.8 Å². The molecule has 1 aromatic heterocycles. The van der Waals surface area contributed by atoms with Crippen LogP contribution < -0.4 is 10.9 Å². The van der Waals surface area contributed by atoms with Crippen molar-refractivity contribution < 1.29 is 0 Å². The Kier molecular flexibility index (Phi) is 4.47. The van der Waals surface area contributed by atoms with Crippen LogP contribution in [0.4, 0.5) is 0 Å². The van der Waals surface area contributed by atoms with Crippen molar-refractivity contribution in [3.63, 3.8) is 0 Å². The van der Waals surface area contributed by atoms with E-state index in [0.29, 0.717) is 12.4 Å². The molecule has 0 aliphatic rings. The normalized spacial score (nSPS) is 10.6. The summed E-state index contributed by atoms with van der Waals surface area (Å²) in [4.78, 5) is 19.0. The molecule has 0 aliphatic carbocycles. The van der Waals surface area contributed by atoms with Crippen LogP contribution in [-0.2, 0) is 6.54 Å². The monoisotopic (exact) mass is 257 g/mol. The number of aromatic nitrogens is 2. The molecule has 0 fully saturated rings. The molecule has 0 spiro atoms. The maximum atomic E-state index is 11.7. The van der Waals surface area contributed by atoms with E-state index in [-0.39, 0.29) is 5.56 Å². The average molecular weight is 257 g/mol. The maximum absolute atomic E-state index is 11.7. The van der Waals surface area contributed by atoms with Crippen LogP contribution >= 0.6 is 0 Å². The van der Waals surface area contributed by atoms with Gasteiger partial charge < -0.3 is 10.3 Å². The van der Waals surface area contributed by atoms with Gasteiger partial charge in [-0.3, -0.25) is 4.79 Å². The van der Waals surface area contributed by atoms with Crippen LogP contribution in [0.3, 0.4) is 0 Å². The summed E-state index contributed by atoms with van der Waals surface area (Å²) in [5, 5.41) is 3.26. The lowest BCUT2D eigenvalue weighted by molar-refractivity contribution is 0.662. The first kappa shape index (κ1) is 13.5. The number of nitrogens with one attached hydrogen (secondary N) is 2. The fraction of sp³-hybridized carbons (Fsp3) is 0.333. The summed E-state index contributed by atoms with van der Waals surface area (Å²) < 4.78 is 0. The summed E-state index contributed by atoms with van der Waals surface area (Å²) in [7, 11) is 0. The first-order valence-corrected chi connectivity index (χ1v) is 6.57. The fourth-order valence-corrected chi connectivity index (χ4v) is 1.96. The molecule has 1 aromatic carbocycles. The Bertz CT molecular complexity index is 604. The molecule has 100 valence electrons. The van der Waals surface area contributed by atoms with Crippen LogP contribution in [0.2, 0.25) is 0 Å². The van der Waals surface area contributed by atoms with Crippen molar-refractivity contribution in [1.29, 1.82) is 0 Å². The standard InChI is InChI=1S/C15H19N3O/c1-3-8-16-10-12-9-14(19)18-15(17-12)13-7-5-4-6-11(13)2/h4-7,9,16H,3,8,10H2,1-2H3,(H,17,18,19). The Morgan fingerprint density at radius 1 is 1.32 bits per heavy atom. The molecule has 0 saturated heterocycles. The molecule has 2 N–H and O–H groups in total. The van der Waals surface area contributed by atoms with Crippen molar-refractivity contribution in [2.75, 3.05) is 6.54 Å². The lowest BCUT2D eigenvalue weighted by Crippen LogP contribution is -2.18. The molecule has 0 radical (unpaired) electrons. The van der Waals surface area contributed by atoms with Crippen LogP contribution in [0.5, 0.6) is 0 Å². The highest BCUT2D eigenvalue weighted by Gasteiger charge is 2.06. The molecular weight excluding hydrogens is 238 g/mol. The zero-order chi connectivity index (χ0) is 13.7. The number of nitrogens with zero attached hydrogens (tertiary/aromatic N) is 1. The third-order valence-electron chi connectivity index (χ3n) is 2.93. The van der Waals surface area contributed by atoms with Gasteiger partial charge in [-0.25, -0.2) is 4.98 Å². The van der Waals surface area contributed by atoms with Crippen LogP contribution in [0.15, 0.2) is 35.1 Å². The first-order valence-electron chi connectivity index (χ1n) is 6.57. The van der Waals surface area contributed by atoms with Crippen LogP contribution in [-0.4, -0.2) is 16.5 Å². The Labute approximate surface area is 112 Å². The Balaban J connectivity index is 2.31. The van der Waals surface area contributed by atoms with Gasteiger partial charge in [0.1, 0.15) is 5.82 Å². The summed E-state index contributed by atoms with van der Waals surface area (Å²) in [5.41, 5.74) is 2.73. The maximum Gasteiger partial charge on any atom is 0.251 e. The van der Waals surface area contributed by atoms with Gasteiger partial charge in [0.05, 0.1) is 5.69 Å². The zero-order valence-electron chi connectivity index (χ0n) is 11.4. The number of H-pyrrole nitrogens is 1. The molecule has 2 rings (SSSR count). The van der Waals surface area contributed by atoms with E-state index in [4.69, 9.17) is 0 Å². The van der Waals surface area contributed by atoms with Crippen molar-refractivity contribution >= 4 is 0 Å². The highest BCUT2D eigenvalue weighted by Crippen LogP contribution is 2.17. The van der Waals surface area contributed by atoms with Crippen molar-refractivity contribution in [2.24, 2.45) is 0 Å². The average Bonchev–Trinajstić information content (AvgIpc) is 2.39. The predicted molar refractivity (Wildman–Crippen MR) is 77.0 cm³/mol. The number of aryl methyl sites for hydroxylation is 1. The quantitative estimate of drug-likeness (QED) is 0.808. The van der Waals surface area contributed by atoms with Crippen molar-refractivity contribution in [1.82, 2.24) is 15.3 Å². The third-order valence-corrected chi connectivity index (χ3v) is 2.93. The van der Waals surface area contributed by atoms with Crippen molar-refractivity contribution in [3.8, 4) is 11.4 Å². The van der Waals surface area contributed by atoms with E-state index in [2.05, 4.69) is 22.2 Å². The van der Waals surface area contributed by atoms with Gasteiger partial charge in [0.25, 0.3) is 5.56 Å². The molecule has 2 aromatic rings. The number of benzene rings is 1. The van der Waals surface area contributed by atoms with E-state index in [1.54, 1.807) is 6.07 Å². The minimum atomic E-state index is -0.110. The van der Waals surface area contributed by atoms with E-state index < -0.39 is 0 Å². The minimum Gasteiger partial charge on any atom is -0.311 e. The molecule has 0 saturated carbocycles. The summed E-state index contributed by atoms with van der Waals surface area (Å²) in [6.07, 6.45) is 1.06. The second-order valence-corrected chi connectivity index (χ2v) is 4.58. The molecule has 0 bridgehead atoms. The molecule has 0 atom stereocenters. The molecule has 0 amide bonds. The number of aromatic amines is 1. The molecule has 4 heteroatoms. The Morgan fingerprint density at radius 3 is 2.84 bits per heavy atom. The van der Waals surface area contributed by atoms with Crippen molar-refractivity contribution in [2.45, 2.75) is 26.8 Å². The van der Waals surface area contributed by atoms with Gasteiger partial charge in [0.15, 0.2) is 0 Å². The van der Waals surface area contributed by atoms with Gasteiger partial charge in [-0.15, -0.1) is 0 Å². The second kappa shape index (κ2) is 6.29. The largest absolute Gasteiger partial charge is 0.311 e. The fourth-order valence-electron chi connectivity index (χ4n) is 1.96. The van der Waals surface area contributed by atoms with Crippen LogP contribution in [0.25, 0.3) is 11.4 Å². The molecule has 0 aliphatic heterocycles. The highest BCUT2D eigenvalue weighted by molar-refractivity contribution is 5.59. The molecule has 0 unspecified atom stereocenters. The van der Waals surface area contributed by atoms with Gasteiger partial charge in [-0.05, 0) is 25.5 Å². The van der Waals surface area contributed by atoms with E-state index in [9.17, 15) is 4.79 Å². The number of hydrogen-bond acceptors (Lipinski definition) is 3. The van der Waals surface area contributed by atoms with Crippen molar-refractivity contribution in [3.05, 3.63) is 51.9 Å². The number of hydrogen-bond donors (Lipinski definition) is 2. The van der Waals surface area contributed by atoms with Gasteiger partial charge in [-0.2, -0.15) is 0 Å². The second-order valence-electron chi connectivity index (χ2n) is 4.58. The predicted octanol–water partition coefficient (Wildman–Crippen LogP) is 2.24. The first-order chi connectivity index (χ1) is 9.20. The van der Waals surface area contributed by atoms with Gasteiger partial charge in [-0.1, -0.05) is 31.2 Å². The summed E-state index contributed by atoms with van der Waals surface area (Å²) >= 11 is 0. The minimum absolute atomic E-state index is 0.110. The van der Waals surface area contributed by atoms with E-state index >= 15 is 0 Å². The van der Waals surface area contributed by atoms with Gasteiger partial charge >= 0.3 is 0 Å². The van der Waals surface area contributed by atoms with Crippen LogP contribution in [0.1, 0.15) is 24.6 Å². The van der Waals surface area contributed by atoms with Gasteiger partial charge in [0.2, 0.25) is 0 Å². The highest BCUT2D eigenvalue weighted by atomic mass is 16.1. The zero-order valence-corrected chi connectivity index (χ0v) is 11.4. The SMILES string of the molecule is CCCNCc1cc(=O)[nH]c(-c2ccccc2C)n1. The third kappa shape index (κ3) is 3.51. The molecule has 19 heavy (non-hydrogen) atoms. The van der Waals surface area contributed by atoms with Gasteiger partial charge in [0, 0.05) is 18.2 Å². The molecule has 1 heterocycles. The lowest BCUT2D eigenvalue weighted by Gasteiger charge is -2.07. The van der Waals surface area contributed by atoms with Crippen LogP contribution in [0, 0.1) is 6.92 Å². The van der Waals surface area contributed by atoms with E-state index in [1.807, 2.05) is 31.2 Å². The Morgan fingerprint density at radius 2 is 2.11 bits per heavy atom. The smallest absolute Gasteiger partial charge is 0.251 e. The summed E-state index contributed by atoms with van der Waals surface area (Å²) in [5.74, 6) is 0.638. The number of rotatable bonds is 5. The lowest BCUT2D eigenvalue weighted by atomic mass is 10.1.